The predicted molar refractivity (Wildman–Crippen MR) is 272 cm³/mol. The number of fused-ring (bicyclic) bond motifs is 2. The van der Waals surface area contributed by atoms with Crippen LogP contribution < -0.4 is 26.6 Å². The van der Waals surface area contributed by atoms with E-state index in [1.54, 1.807) is 40.0 Å². The van der Waals surface area contributed by atoms with Gasteiger partial charge in [0, 0.05) is 126 Å². The lowest BCUT2D eigenvalue weighted by atomic mass is 10.1. The van der Waals surface area contributed by atoms with Crippen LogP contribution in [0.15, 0.2) is 23.2 Å². The van der Waals surface area contributed by atoms with Crippen molar-refractivity contribution in [3.05, 3.63) is 45.7 Å². The zero-order valence-electron chi connectivity index (χ0n) is 40.5. The zero-order chi connectivity index (χ0) is 50.2. The van der Waals surface area contributed by atoms with Crippen LogP contribution in [0.4, 0.5) is 23.8 Å². The molecule has 71 heavy (non-hydrogen) atoms. The summed E-state index contributed by atoms with van der Waals surface area (Å²) < 4.78 is 13.1. The molecule has 0 spiro atoms. The highest BCUT2D eigenvalue weighted by atomic mass is 32.1. The van der Waals surface area contributed by atoms with Gasteiger partial charge in [-0.05, 0) is 38.5 Å². The Hall–Kier alpha value is -5.90. The highest BCUT2D eigenvalue weighted by Gasteiger charge is 2.27. The number of aliphatic hydroxyl groups is 2. The van der Waals surface area contributed by atoms with E-state index in [1.165, 1.54) is 19.4 Å². The summed E-state index contributed by atoms with van der Waals surface area (Å²) in [6.07, 6.45) is 1.32. The van der Waals surface area contributed by atoms with E-state index in [2.05, 4.69) is 55.6 Å². The minimum Gasteiger partial charge on any atom is -0.479 e. The molecule has 10 heterocycles. The lowest BCUT2D eigenvalue weighted by molar-refractivity contribution is -0.145. The number of aryl methyl sites for hydroxylation is 2. The van der Waals surface area contributed by atoms with E-state index in [-0.39, 0.29) is 17.8 Å². The first kappa shape index (κ1) is 51.5. The molecular formula is C46H62N16O7S2. The Morgan fingerprint density at radius 2 is 1.07 bits per heavy atom. The number of nitrogen functional groups attached to an aromatic ring is 2. The number of carbonyl (C=O) groups excluding carboxylic acids is 1. The van der Waals surface area contributed by atoms with Gasteiger partial charge in [-0.1, -0.05) is 0 Å². The van der Waals surface area contributed by atoms with Gasteiger partial charge in [0.15, 0.2) is 0 Å². The maximum Gasteiger partial charge on any atom is 0.332 e. The molecule has 23 nitrogen and oxygen atoms in total. The van der Waals surface area contributed by atoms with E-state index in [4.69, 9.17) is 51.1 Å². The molecule has 0 saturated carbocycles. The number of aliphatic carboxylic acids is 1. The fourth-order valence-electron chi connectivity index (χ4n) is 8.48. The average Bonchev–Trinajstić information content (AvgIpc) is 3.98. The number of nitrogens with zero attached hydrogens (tertiary/aromatic N) is 13. The number of aromatic nitrogens is 8. The highest BCUT2D eigenvalue weighted by molar-refractivity contribution is 7.18. The molecule has 4 fully saturated rings. The van der Waals surface area contributed by atoms with Crippen LogP contribution in [0.1, 0.15) is 36.4 Å². The van der Waals surface area contributed by atoms with Crippen molar-refractivity contribution in [2.75, 3.05) is 126 Å². The van der Waals surface area contributed by atoms with Gasteiger partial charge in [0.25, 0.3) is 5.91 Å². The van der Waals surface area contributed by atoms with E-state index in [1.807, 2.05) is 13.8 Å². The largest absolute Gasteiger partial charge is 0.479 e. The van der Waals surface area contributed by atoms with E-state index < -0.39 is 18.2 Å². The minimum absolute atomic E-state index is 0.209. The van der Waals surface area contributed by atoms with Crippen LogP contribution >= 0.6 is 22.7 Å². The van der Waals surface area contributed by atoms with Crippen molar-refractivity contribution < 1.29 is 34.4 Å². The minimum atomic E-state index is -1.23. The lowest BCUT2D eigenvalue weighted by Crippen LogP contribution is -2.50. The summed E-state index contributed by atoms with van der Waals surface area (Å²) in [5, 5.41) is 33.2. The topological polar surface area (TPSA) is 297 Å². The van der Waals surface area contributed by atoms with Crippen LogP contribution in [-0.2, 0) is 32.2 Å². The lowest BCUT2D eigenvalue weighted by Gasteiger charge is -2.35. The third-order valence-electron chi connectivity index (χ3n) is 12.4. The Bertz CT molecular complexity index is 2790. The van der Waals surface area contributed by atoms with Crippen LogP contribution in [0.3, 0.4) is 0 Å². The van der Waals surface area contributed by atoms with Gasteiger partial charge in [0.1, 0.15) is 12.2 Å². The van der Waals surface area contributed by atoms with Gasteiger partial charge >= 0.3 is 5.97 Å². The number of anilines is 4. The number of amides is 1. The van der Waals surface area contributed by atoms with Gasteiger partial charge in [0.2, 0.25) is 23.8 Å². The van der Waals surface area contributed by atoms with Crippen LogP contribution in [0, 0.1) is 13.8 Å². The Labute approximate surface area is 418 Å². The third kappa shape index (κ3) is 12.6. The second-order valence-corrected chi connectivity index (χ2v) is 19.4. The number of piperazine rings is 2. The number of hydrogen-bond acceptors (Lipinski definition) is 23. The molecule has 0 radical (unpaired) electrons. The van der Waals surface area contributed by atoms with Crippen molar-refractivity contribution in [2.24, 2.45) is 0 Å². The quantitative estimate of drug-likeness (QED) is 0.114. The number of thiophene rings is 2. The van der Waals surface area contributed by atoms with Crippen LogP contribution in [-0.4, -0.2) is 199 Å². The van der Waals surface area contributed by atoms with Crippen molar-refractivity contribution in [1.29, 1.82) is 0 Å². The Kier molecular flexibility index (Phi) is 17.1. The van der Waals surface area contributed by atoms with Crippen molar-refractivity contribution >= 4 is 78.8 Å². The number of ether oxygens (including phenoxy) is 2. The molecule has 0 aromatic carbocycles. The van der Waals surface area contributed by atoms with Crippen LogP contribution in [0.2, 0.25) is 0 Å². The molecule has 6 aromatic heterocycles. The van der Waals surface area contributed by atoms with Gasteiger partial charge < -0.3 is 56.3 Å². The standard InChI is InChI=1S/C23H30N8O3S.C20H26N8OS.C3H6O3/c1-14-17(11-25-22(24)26-14)19-20-18(27-23(28-19)31-7-9-34-10-8-31)16(13-35-20)12-29-3-5-30(6-4-29)21(33)15(2)32;1-13-15(10-23-19(21)24-13)17-18-16(25-20(26-17)28-6-8-29-9-7-28)14(12-30-18)11-27-4-2-22-3-5-27;1-2(4)3(5)6/h11,13,15,32H,3-10,12H2,1-2H3,(H2,24,25,26);10,12,22H,2-9,11H2,1H3,(H2,21,23,24);2,4H,1H3,(H,5,6)/t15-;;2-/m1.1/s1. The Balaban J connectivity index is 0.000000172. The van der Waals surface area contributed by atoms with E-state index in [0.29, 0.717) is 45.5 Å². The SMILES string of the molecule is C[C@@H](O)C(=O)O.Cc1nc(N)ncc1-c1nc(N2CCOCC2)nc2c(CN3CCN(C(=O)[C@@H](C)O)CC3)csc12.Cc1nc(N)ncc1-c1nc(N2CCOCC2)nc2c(CN3CCNCC3)csc12. The summed E-state index contributed by atoms with van der Waals surface area (Å²) >= 11 is 3.32. The number of hydrogen-bond donors (Lipinski definition) is 6. The van der Waals surface area contributed by atoms with Crippen molar-refractivity contribution in [3.8, 4) is 22.5 Å². The van der Waals surface area contributed by atoms with Crippen molar-refractivity contribution in [3.63, 3.8) is 0 Å². The molecule has 1 amide bonds. The molecule has 25 heteroatoms. The van der Waals surface area contributed by atoms with Gasteiger partial charge in [-0.15, -0.1) is 22.7 Å². The highest BCUT2D eigenvalue weighted by Crippen LogP contribution is 2.38. The molecule has 4 aliphatic rings. The second kappa shape index (κ2) is 23.6. The second-order valence-electron chi connectivity index (χ2n) is 17.6. The third-order valence-corrected chi connectivity index (χ3v) is 14.5. The molecular weight excluding hydrogens is 953 g/mol. The van der Waals surface area contributed by atoms with Gasteiger partial charge in [-0.3, -0.25) is 14.6 Å². The number of carboxylic acids is 1. The summed E-state index contributed by atoms with van der Waals surface area (Å²) in [5.41, 5.74) is 21.0. The normalized spacial score (nSPS) is 17.9. The number of rotatable bonds is 10. The molecule has 4 aliphatic heterocycles. The number of carbonyl (C=O) groups is 2. The molecule has 10 rings (SSSR count). The smallest absolute Gasteiger partial charge is 0.332 e. The molecule has 380 valence electrons. The number of nitrogens with one attached hydrogen (secondary N) is 1. The number of morpholine rings is 2. The first-order chi connectivity index (χ1) is 34.2. The first-order valence-electron chi connectivity index (χ1n) is 23.7. The van der Waals surface area contributed by atoms with Crippen molar-refractivity contribution in [2.45, 2.75) is 53.0 Å². The zero-order valence-corrected chi connectivity index (χ0v) is 42.1. The summed E-state index contributed by atoms with van der Waals surface area (Å²) in [7, 11) is 0. The fraction of sp³-hybridized carbons (Fsp3) is 0.522. The van der Waals surface area contributed by atoms with Gasteiger partial charge in [0.05, 0.1) is 69.6 Å². The summed E-state index contributed by atoms with van der Waals surface area (Å²) in [5.74, 6) is 0.552. The maximum absolute atomic E-state index is 12.1. The molecule has 0 unspecified atom stereocenters. The summed E-state index contributed by atoms with van der Waals surface area (Å²) in [6.45, 7) is 20.8. The van der Waals surface area contributed by atoms with E-state index in [0.717, 1.165) is 144 Å². The van der Waals surface area contributed by atoms with Crippen LogP contribution in [0.5, 0.6) is 0 Å². The van der Waals surface area contributed by atoms with Gasteiger partial charge in [-0.25, -0.2) is 44.7 Å². The number of aliphatic hydroxyl groups excluding tert-OH is 2. The molecule has 8 N–H and O–H groups in total. The Morgan fingerprint density at radius 3 is 1.46 bits per heavy atom. The molecule has 6 aromatic rings. The number of carboxylic acid groups (broad SMARTS) is 1. The van der Waals surface area contributed by atoms with Crippen molar-refractivity contribution in [1.82, 2.24) is 59.9 Å². The summed E-state index contributed by atoms with van der Waals surface area (Å²) in [4.78, 5) is 69.6. The number of nitrogens with two attached hydrogens (primary N) is 2. The summed E-state index contributed by atoms with van der Waals surface area (Å²) in [6, 6.07) is 0. The van der Waals surface area contributed by atoms with E-state index in [9.17, 15) is 14.7 Å². The average molecular weight is 1020 g/mol. The maximum atomic E-state index is 12.1. The molecule has 0 bridgehead atoms. The molecule has 2 atom stereocenters. The monoisotopic (exact) mass is 1010 g/mol. The van der Waals surface area contributed by atoms with E-state index >= 15 is 0 Å². The van der Waals surface area contributed by atoms with Crippen LogP contribution in [0.25, 0.3) is 42.9 Å². The fourth-order valence-corrected chi connectivity index (χ4v) is 10.5. The predicted octanol–water partition coefficient (Wildman–Crippen LogP) is 1.63. The molecule has 0 aliphatic carbocycles. The Morgan fingerprint density at radius 1 is 0.648 bits per heavy atom. The van der Waals surface area contributed by atoms with Gasteiger partial charge in [-0.2, -0.15) is 0 Å². The first-order valence-corrected chi connectivity index (χ1v) is 25.4. The molecule has 4 saturated heterocycles.